The highest BCUT2D eigenvalue weighted by Gasteiger charge is 2.55. The number of phenolic OH excluding ortho intramolecular Hbond substituents is 2. The van der Waals surface area contributed by atoms with Gasteiger partial charge in [-0.2, -0.15) is 0 Å². The number of rotatable bonds is 4. The van der Waals surface area contributed by atoms with Crippen molar-refractivity contribution in [2.24, 2.45) is 0 Å². The SMILES string of the molecule is Cc1ccc(-c2c(C)sc3c2C(=O)C(F)(c2ccccc2)C(=O)N3)c(O)c1F.O=C1Nc2scc(-c3ccc(O)c(F)c3)c2C(=O)C1(F)c1ccccc1. The highest BCUT2D eigenvalue weighted by atomic mass is 32.1. The predicted molar refractivity (Wildman–Crippen MR) is 197 cm³/mol. The highest BCUT2D eigenvalue weighted by molar-refractivity contribution is 7.17. The number of ketones is 2. The third-order valence-corrected chi connectivity index (χ3v) is 11.1. The van der Waals surface area contributed by atoms with Crippen LogP contribution in [0.3, 0.4) is 0 Å². The number of amides is 2. The fourth-order valence-corrected chi connectivity index (χ4v) is 8.41. The van der Waals surface area contributed by atoms with E-state index in [2.05, 4.69) is 10.6 Å². The number of hydrogen-bond donors (Lipinski definition) is 4. The summed E-state index contributed by atoms with van der Waals surface area (Å²) in [5.41, 5.74) is -4.85. The molecule has 0 spiro atoms. The first-order chi connectivity index (χ1) is 25.7. The number of benzene rings is 4. The molecule has 2 aromatic heterocycles. The summed E-state index contributed by atoms with van der Waals surface area (Å²) in [5, 5.41) is 26.5. The molecule has 6 aromatic rings. The first kappa shape index (κ1) is 36.2. The minimum atomic E-state index is -2.91. The number of aromatic hydroxyl groups is 2. The molecule has 2 unspecified atom stereocenters. The van der Waals surface area contributed by atoms with E-state index in [0.717, 1.165) is 34.8 Å². The van der Waals surface area contributed by atoms with E-state index in [1.54, 1.807) is 24.4 Å². The van der Waals surface area contributed by atoms with Gasteiger partial charge in [-0.3, -0.25) is 19.2 Å². The van der Waals surface area contributed by atoms with Crippen LogP contribution < -0.4 is 10.6 Å². The summed E-state index contributed by atoms with van der Waals surface area (Å²) in [7, 11) is 0. The van der Waals surface area contributed by atoms with E-state index in [4.69, 9.17) is 0 Å². The number of nitrogens with one attached hydrogen (secondary N) is 2. The quantitative estimate of drug-likeness (QED) is 0.104. The lowest BCUT2D eigenvalue weighted by molar-refractivity contribution is -0.126. The topological polar surface area (TPSA) is 133 Å². The molecule has 14 heteroatoms. The van der Waals surface area contributed by atoms with Crippen molar-refractivity contribution >= 4 is 56.1 Å². The number of Topliss-reactive ketones (excluding diaryl/α,β-unsaturated/α-hetero) is 2. The minimum absolute atomic E-state index is 0.00829. The van der Waals surface area contributed by atoms with Crippen LogP contribution in [-0.4, -0.2) is 33.6 Å². The molecule has 2 aliphatic heterocycles. The lowest BCUT2D eigenvalue weighted by Gasteiger charge is -2.28. The Balaban J connectivity index is 0.000000167. The maximum Gasteiger partial charge on any atom is 0.275 e. The lowest BCUT2D eigenvalue weighted by Crippen LogP contribution is -2.47. The summed E-state index contributed by atoms with van der Waals surface area (Å²) in [6.45, 7) is 3.17. The van der Waals surface area contributed by atoms with Gasteiger partial charge in [-0.05, 0) is 37.1 Å². The molecule has 272 valence electrons. The Labute approximate surface area is 312 Å². The summed E-state index contributed by atoms with van der Waals surface area (Å²) >= 11 is 2.14. The fourth-order valence-electron chi connectivity index (χ4n) is 6.39. The van der Waals surface area contributed by atoms with Crippen molar-refractivity contribution < 1.29 is 47.0 Å². The summed E-state index contributed by atoms with van der Waals surface area (Å²) in [5.74, 6) is -6.94. The predicted octanol–water partition coefficient (Wildman–Crippen LogP) is 9.14. The van der Waals surface area contributed by atoms with Gasteiger partial charge in [0.1, 0.15) is 10.0 Å². The van der Waals surface area contributed by atoms with Gasteiger partial charge in [-0.15, -0.1) is 22.7 Å². The van der Waals surface area contributed by atoms with E-state index in [0.29, 0.717) is 16.0 Å². The Morgan fingerprint density at radius 1 is 0.648 bits per heavy atom. The van der Waals surface area contributed by atoms with Gasteiger partial charge in [0, 0.05) is 38.1 Å². The largest absolute Gasteiger partial charge is 0.505 e. The molecule has 0 saturated carbocycles. The van der Waals surface area contributed by atoms with Crippen LogP contribution in [0.5, 0.6) is 11.5 Å². The second-order valence-corrected chi connectivity index (χ2v) is 14.6. The van der Waals surface area contributed by atoms with Gasteiger partial charge in [0.15, 0.2) is 23.1 Å². The normalized spacial score (nSPS) is 18.9. The first-order valence-corrected chi connectivity index (χ1v) is 17.8. The first-order valence-electron chi connectivity index (χ1n) is 16.1. The molecule has 54 heavy (non-hydrogen) atoms. The van der Waals surface area contributed by atoms with Crippen LogP contribution in [0, 0.1) is 25.5 Å². The average molecular weight is 771 g/mol. The van der Waals surface area contributed by atoms with Crippen LogP contribution in [-0.2, 0) is 20.9 Å². The molecule has 8 nitrogen and oxygen atoms in total. The average Bonchev–Trinajstić information content (AvgIpc) is 3.74. The summed E-state index contributed by atoms with van der Waals surface area (Å²) in [6.07, 6.45) is 0. The Hall–Kier alpha value is -6.12. The number of hydrogen-bond acceptors (Lipinski definition) is 8. The summed E-state index contributed by atoms with van der Waals surface area (Å²) < 4.78 is 59.4. The Morgan fingerprint density at radius 3 is 1.78 bits per heavy atom. The number of carbonyl (C=O) groups excluding carboxylic acids is 4. The standard InChI is InChI=1S/C21H15F2NO3S.C19H11F2NO3S/c1-10-8-9-13(17(25)16(10)22)14-11(2)28-19-15(14)18(26)21(23,20(27)24-19)12-6-4-3-5-7-12;20-13-8-10(6-7-14(13)23)12-9-26-17-15(12)16(24)19(21,18(25)22-17)11-4-2-1-3-5-11/h3-9,25H,1-2H3,(H,24,27);1-9,23H,(H,22,25). The second kappa shape index (κ2) is 13.4. The Bertz CT molecular complexity index is 2540. The van der Waals surface area contributed by atoms with Gasteiger partial charge in [0.05, 0.1) is 11.1 Å². The number of fused-ring (bicyclic) bond motifs is 2. The number of halogens is 4. The molecule has 0 fully saturated rings. The summed E-state index contributed by atoms with van der Waals surface area (Å²) in [6, 6.07) is 21.5. The molecule has 2 aliphatic rings. The van der Waals surface area contributed by atoms with Crippen LogP contribution in [0.15, 0.2) is 96.4 Å². The van der Waals surface area contributed by atoms with Crippen LogP contribution in [0.4, 0.5) is 27.6 Å². The van der Waals surface area contributed by atoms with Gasteiger partial charge >= 0.3 is 0 Å². The van der Waals surface area contributed by atoms with Crippen LogP contribution >= 0.6 is 22.7 Å². The van der Waals surface area contributed by atoms with Gasteiger partial charge in [0.25, 0.3) is 23.2 Å². The molecular formula is C40H26F4N2O6S2. The molecular weight excluding hydrogens is 745 g/mol. The number of carbonyl (C=O) groups is 4. The van der Waals surface area contributed by atoms with E-state index in [1.165, 1.54) is 73.7 Å². The molecule has 0 bridgehead atoms. The Morgan fingerprint density at radius 2 is 1.20 bits per heavy atom. The van der Waals surface area contributed by atoms with E-state index in [9.17, 15) is 38.2 Å². The third kappa shape index (κ3) is 5.56. The van der Waals surface area contributed by atoms with Crippen LogP contribution in [0.2, 0.25) is 0 Å². The zero-order chi connectivity index (χ0) is 38.7. The van der Waals surface area contributed by atoms with E-state index < -0.39 is 57.9 Å². The second-order valence-electron chi connectivity index (χ2n) is 12.5. The number of thiophene rings is 2. The fraction of sp³-hybridized carbons (Fsp3) is 0.100. The van der Waals surface area contributed by atoms with Gasteiger partial charge in [-0.25, -0.2) is 17.6 Å². The molecule has 0 radical (unpaired) electrons. The van der Waals surface area contributed by atoms with Gasteiger partial charge in [-0.1, -0.05) is 78.9 Å². The number of alkyl halides is 2. The minimum Gasteiger partial charge on any atom is -0.505 e. The third-order valence-electron chi connectivity index (χ3n) is 9.22. The Kier molecular flexibility index (Phi) is 8.98. The van der Waals surface area contributed by atoms with Crippen molar-refractivity contribution in [2.75, 3.05) is 10.6 Å². The zero-order valence-corrected chi connectivity index (χ0v) is 29.7. The molecule has 4 N–H and O–H groups in total. The molecule has 0 aliphatic carbocycles. The molecule has 4 heterocycles. The van der Waals surface area contributed by atoms with E-state index in [1.807, 2.05) is 0 Å². The van der Waals surface area contributed by atoms with Crippen LogP contribution in [0.1, 0.15) is 42.3 Å². The zero-order valence-electron chi connectivity index (χ0n) is 28.1. The number of aryl methyl sites for hydroxylation is 2. The van der Waals surface area contributed by atoms with Crippen molar-refractivity contribution in [3.63, 3.8) is 0 Å². The van der Waals surface area contributed by atoms with Gasteiger partial charge in [0.2, 0.25) is 11.6 Å². The summed E-state index contributed by atoms with van der Waals surface area (Å²) in [4.78, 5) is 51.6. The van der Waals surface area contributed by atoms with Crippen molar-refractivity contribution in [1.29, 1.82) is 0 Å². The molecule has 0 saturated heterocycles. The van der Waals surface area contributed by atoms with Crippen molar-refractivity contribution in [2.45, 2.75) is 25.2 Å². The number of anilines is 2. The maximum atomic E-state index is 15.8. The highest BCUT2D eigenvalue weighted by Crippen LogP contribution is 2.50. The lowest BCUT2D eigenvalue weighted by atomic mass is 9.82. The van der Waals surface area contributed by atoms with Crippen LogP contribution in [0.25, 0.3) is 22.3 Å². The van der Waals surface area contributed by atoms with Gasteiger partial charge < -0.3 is 20.8 Å². The number of phenols is 2. The molecule has 4 aromatic carbocycles. The van der Waals surface area contributed by atoms with Crippen molar-refractivity contribution in [3.05, 3.63) is 141 Å². The van der Waals surface area contributed by atoms with Crippen molar-refractivity contribution in [3.8, 4) is 33.8 Å². The molecule has 2 atom stereocenters. The molecule has 2 amide bonds. The molecule has 8 rings (SSSR count). The maximum absolute atomic E-state index is 15.8. The van der Waals surface area contributed by atoms with E-state index in [-0.39, 0.29) is 48.9 Å². The van der Waals surface area contributed by atoms with E-state index >= 15 is 8.78 Å². The van der Waals surface area contributed by atoms with Crippen molar-refractivity contribution in [1.82, 2.24) is 0 Å². The smallest absolute Gasteiger partial charge is 0.275 e. The monoisotopic (exact) mass is 770 g/mol.